The van der Waals surface area contributed by atoms with Gasteiger partial charge in [0.05, 0.1) is 0 Å². The molecule has 1 aliphatic carbocycles. The summed E-state index contributed by atoms with van der Waals surface area (Å²) in [6, 6.07) is 0.835. The molecule has 2 N–H and O–H groups in total. The van der Waals surface area contributed by atoms with Gasteiger partial charge < -0.3 is 10.3 Å². The number of imidazole rings is 1. The van der Waals surface area contributed by atoms with Crippen molar-refractivity contribution in [1.29, 1.82) is 0 Å². The molecule has 0 saturated heterocycles. The van der Waals surface area contributed by atoms with Crippen LogP contribution in [-0.2, 0) is 6.42 Å². The van der Waals surface area contributed by atoms with Gasteiger partial charge in [-0.15, -0.1) is 0 Å². The molecule has 2 rings (SSSR count). The Morgan fingerprint density at radius 3 is 3.17 bits per heavy atom. The number of hydrogen-bond acceptors (Lipinski definition) is 2. The monoisotopic (exact) mass is 165 g/mol. The first-order valence-corrected chi connectivity index (χ1v) is 4.67. The Morgan fingerprint density at radius 2 is 2.50 bits per heavy atom. The van der Waals surface area contributed by atoms with E-state index < -0.39 is 0 Å². The number of aromatic nitrogens is 2. The molecule has 0 bridgehead atoms. The Morgan fingerprint density at radius 1 is 1.58 bits per heavy atom. The molecule has 0 atom stereocenters. The molecular formula is C9H15N3. The zero-order valence-corrected chi connectivity index (χ0v) is 7.21. The van der Waals surface area contributed by atoms with Gasteiger partial charge in [-0.2, -0.15) is 0 Å². The van der Waals surface area contributed by atoms with Crippen molar-refractivity contribution in [3.05, 3.63) is 18.2 Å². The average molecular weight is 165 g/mol. The fourth-order valence-electron chi connectivity index (χ4n) is 1.28. The quantitative estimate of drug-likeness (QED) is 0.641. The van der Waals surface area contributed by atoms with Crippen molar-refractivity contribution in [2.45, 2.75) is 31.7 Å². The summed E-state index contributed by atoms with van der Waals surface area (Å²) >= 11 is 0. The molecular weight excluding hydrogens is 150 g/mol. The maximum Gasteiger partial charge on any atom is 0.106 e. The highest BCUT2D eigenvalue weighted by atomic mass is 14.9. The van der Waals surface area contributed by atoms with Crippen LogP contribution >= 0.6 is 0 Å². The van der Waals surface area contributed by atoms with Gasteiger partial charge in [0.15, 0.2) is 0 Å². The number of rotatable bonds is 5. The van der Waals surface area contributed by atoms with Gasteiger partial charge in [-0.05, 0) is 25.8 Å². The SMILES string of the molecule is c1c[nH]c(CCCNC2CC2)n1. The van der Waals surface area contributed by atoms with Gasteiger partial charge in [0.25, 0.3) is 0 Å². The smallest absolute Gasteiger partial charge is 0.106 e. The Balaban J connectivity index is 1.56. The molecule has 3 nitrogen and oxygen atoms in total. The summed E-state index contributed by atoms with van der Waals surface area (Å²) in [6.45, 7) is 1.13. The predicted molar refractivity (Wildman–Crippen MR) is 47.9 cm³/mol. The van der Waals surface area contributed by atoms with Crippen LogP contribution in [0.4, 0.5) is 0 Å². The number of nitrogens with zero attached hydrogens (tertiary/aromatic N) is 1. The predicted octanol–water partition coefficient (Wildman–Crippen LogP) is 1.09. The van der Waals surface area contributed by atoms with E-state index in [1.54, 1.807) is 0 Å². The van der Waals surface area contributed by atoms with E-state index in [0.717, 1.165) is 24.8 Å². The lowest BCUT2D eigenvalue weighted by molar-refractivity contribution is 0.637. The van der Waals surface area contributed by atoms with Crippen LogP contribution in [0.3, 0.4) is 0 Å². The number of aromatic amines is 1. The van der Waals surface area contributed by atoms with Gasteiger partial charge in [0.1, 0.15) is 5.82 Å². The Kier molecular flexibility index (Phi) is 2.42. The van der Waals surface area contributed by atoms with E-state index >= 15 is 0 Å². The Labute approximate surface area is 72.6 Å². The van der Waals surface area contributed by atoms with E-state index in [1.807, 2.05) is 12.4 Å². The molecule has 3 heteroatoms. The van der Waals surface area contributed by atoms with Crippen LogP contribution in [0.25, 0.3) is 0 Å². The second-order valence-electron chi connectivity index (χ2n) is 3.37. The molecule has 1 fully saturated rings. The van der Waals surface area contributed by atoms with Crippen LogP contribution in [0, 0.1) is 0 Å². The standard InChI is InChI=1S/C9H15N3/c1(5-10-8-3-4-8)2-9-11-6-7-12-9/h6-8,10H,1-5H2,(H,11,12). The van der Waals surface area contributed by atoms with Crippen LogP contribution in [0.15, 0.2) is 12.4 Å². The van der Waals surface area contributed by atoms with Gasteiger partial charge in [0.2, 0.25) is 0 Å². The highest BCUT2D eigenvalue weighted by molar-refractivity contribution is 4.87. The van der Waals surface area contributed by atoms with Crippen LogP contribution < -0.4 is 5.32 Å². The first-order chi connectivity index (χ1) is 5.95. The molecule has 66 valence electrons. The van der Waals surface area contributed by atoms with E-state index in [4.69, 9.17) is 0 Å². The molecule has 0 radical (unpaired) electrons. The van der Waals surface area contributed by atoms with Crippen molar-refractivity contribution >= 4 is 0 Å². The molecule has 1 aromatic heterocycles. The summed E-state index contributed by atoms with van der Waals surface area (Å²) in [6.07, 6.45) is 8.69. The van der Waals surface area contributed by atoms with E-state index in [9.17, 15) is 0 Å². The molecule has 1 aliphatic rings. The minimum atomic E-state index is 0.835. The Hall–Kier alpha value is -0.830. The van der Waals surface area contributed by atoms with Crippen molar-refractivity contribution in [3.8, 4) is 0 Å². The van der Waals surface area contributed by atoms with Gasteiger partial charge in [-0.3, -0.25) is 0 Å². The lowest BCUT2D eigenvalue weighted by Crippen LogP contribution is -2.17. The normalized spacial score (nSPS) is 16.7. The van der Waals surface area contributed by atoms with E-state index in [1.165, 1.54) is 19.3 Å². The first-order valence-electron chi connectivity index (χ1n) is 4.67. The van der Waals surface area contributed by atoms with Gasteiger partial charge in [-0.1, -0.05) is 0 Å². The zero-order chi connectivity index (χ0) is 8.23. The van der Waals surface area contributed by atoms with Crippen molar-refractivity contribution < 1.29 is 0 Å². The van der Waals surface area contributed by atoms with E-state index in [2.05, 4.69) is 15.3 Å². The van der Waals surface area contributed by atoms with Gasteiger partial charge in [0, 0.05) is 24.9 Å². The molecule has 0 spiro atoms. The van der Waals surface area contributed by atoms with Crippen molar-refractivity contribution in [2.75, 3.05) is 6.54 Å². The second-order valence-corrected chi connectivity index (χ2v) is 3.37. The van der Waals surface area contributed by atoms with Crippen LogP contribution in [0.1, 0.15) is 25.1 Å². The van der Waals surface area contributed by atoms with E-state index in [-0.39, 0.29) is 0 Å². The van der Waals surface area contributed by atoms with Crippen molar-refractivity contribution in [3.63, 3.8) is 0 Å². The third-order valence-corrected chi connectivity index (χ3v) is 2.16. The second kappa shape index (κ2) is 3.72. The summed E-state index contributed by atoms with van der Waals surface area (Å²) in [5.74, 6) is 1.10. The number of nitrogens with one attached hydrogen (secondary N) is 2. The fraction of sp³-hybridized carbons (Fsp3) is 0.667. The third kappa shape index (κ3) is 2.34. The van der Waals surface area contributed by atoms with Crippen molar-refractivity contribution in [1.82, 2.24) is 15.3 Å². The summed E-state index contributed by atoms with van der Waals surface area (Å²) in [5, 5.41) is 3.48. The lowest BCUT2D eigenvalue weighted by atomic mass is 10.3. The molecule has 1 aromatic rings. The molecule has 0 amide bonds. The fourth-order valence-corrected chi connectivity index (χ4v) is 1.28. The molecule has 1 heterocycles. The summed E-state index contributed by atoms with van der Waals surface area (Å²) < 4.78 is 0. The lowest BCUT2D eigenvalue weighted by Gasteiger charge is -1.99. The molecule has 12 heavy (non-hydrogen) atoms. The minimum Gasteiger partial charge on any atom is -0.349 e. The number of hydrogen-bond donors (Lipinski definition) is 2. The number of aryl methyl sites for hydroxylation is 1. The molecule has 0 unspecified atom stereocenters. The largest absolute Gasteiger partial charge is 0.349 e. The summed E-state index contributed by atoms with van der Waals surface area (Å²) in [4.78, 5) is 7.27. The number of H-pyrrole nitrogens is 1. The maximum absolute atomic E-state index is 4.17. The van der Waals surface area contributed by atoms with Crippen LogP contribution in [0.5, 0.6) is 0 Å². The summed E-state index contributed by atoms with van der Waals surface area (Å²) in [7, 11) is 0. The topological polar surface area (TPSA) is 40.7 Å². The minimum absolute atomic E-state index is 0.835. The first kappa shape index (κ1) is 7.80. The summed E-state index contributed by atoms with van der Waals surface area (Å²) in [5.41, 5.74) is 0. The van der Waals surface area contributed by atoms with E-state index in [0.29, 0.717) is 0 Å². The zero-order valence-electron chi connectivity index (χ0n) is 7.21. The average Bonchev–Trinajstić information content (AvgIpc) is 2.76. The third-order valence-electron chi connectivity index (χ3n) is 2.16. The van der Waals surface area contributed by atoms with Crippen molar-refractivity contribution in [2.24, 2.45) is 0 Å². The van der Waals surface area contributed by atoms with Gasteiger partial charge in [-0.25, -0.2) is 4.98 Å². The van der Waals surface area contributed by atoms with Gasteiger partial charge >= 0.3 is 0 Å². The highest BCUT2D eigenvalue weighted by Gasteiger charge is 2.19. The maximum atomic E-state index is 4.17. The molecule has 1 saturated carbocycles. The van der Waals surface area contributed by atoms with Crippen LogP contribution in [-0.4, -0.2) is 22.6 Å². The molecule has 0 aromatic carbocycles. The highest BCUT2D eigenvalue weighted by Crippen LogP contribution is 2.18. The van der Waals surface area contributed by atoms with Crippen LogP contribution in [0.2, 0.25) is 0 Å². The Bertz CT molecular complexity index is 214. The molecule has 0 aliphatic heterocycles.